The summed E-state index contributed by atoms with van der Waals surface area (Å²) in [7, 11) is 0. The van der Waals surface area contributed by atoms with Crippen LogP contribution in [0.15, 0.2) is 126 Å². The van der Waals surface area contributed by atoms with Gasteiger partial charge in [-0.3, -0.25) is 0 Å². The molecule has 0 saturated carbocycles. The molecule has 4 aromatic carbocycles. The van der Waals surface area contributed by atoms with Gasteiger partial charge in [0, 0.05) is 11.1 Å². The minimum Gasteiger partial charge on any atom is -0.233 e. The Bertz CT molecular complexity index is 1130. The van der Waals surface area contributed by atoms with E-state index in [4.69, 9.17) is 5.11 Å². The summed E-state index contributed by atoms with van der Waals surface area (Å²) in [5, 5.41) is 11.1. The molecule has 1 aliphatic rings. The molecule has 1 N–H and O–H groups in total. The van der Waals surface area contributed by atoms with E-state index in [-0.39, 0.29) is 0 Å². The van der Waals surface area contributed by atoms with Crippen LogP contribution in [0.25, 0.3) is 11.1 Å². The number of nitrogens with one attached hydrogen (secondary N) is 1. The number of para-hydroxylation sites is 1. The Morgan fingerprint density at radius 1 is 0.621 bits per heavy atom. The van der Waals surface area contributed by atoms with Crippen molar-refractivity contribution in [3.8, 4) is 11.1 Å². The number of anilines is 1. The largest absolute Gasteiger partial charge is 0.233 e. The van der Waals surface area contributed by atoms with Gasteiger partial charge in [-0.2, -0.15) is 5.53 Å². The lowest BCUT2D eigenvalue weighted by Crippen LogP contribution is -2.47. The first-order valence-electron chi connectivity index (χ1n) is 9.63. The number of hydrazine groups is 1. The summed E-state index contributed by atoms with van der Waals surface area (Å²) in [6, 6.07) is 39.3. The van der Waals surface area contributed by atoms with Crippen LogP contribution in [0.2, 0.25) is 0 Å². The number of rotatable bonds is 4. The second-order valence-electron chi connectivity index (χ2n) is 6.92. The molecule has 0 radical (unpaired) electrons. The fourth-order valence-corrected chi connectivity index (χ4v) is 3.92. The quantitative estimate of drug-likeness (QED) is 0.478. The van der Waals surface area contributed by atoms with Crippen molar-refractivity contribution in [3.05, 3.63) is 126 Å². The van der Waals surface area contributed by atoms with Crippen molar-refractivity contribution < 1.29 is 0 Å². The van der Waals surface area contributed by atoms with E-state index in [1.165, 1.54) is 0 Å². The third-order valence-corrected chi connectivity index (χ3v) is 5.24. The third-order valence-electron chi connectivity index (χ3n) is 5.24. The first-order valence-corrected chi connectivity index (χ1v) is 9.63. The van der Waals surface area contributed by atoms with Crippen molar-refractivity contribution in [2.24, 2.45) is 10.3 Å². The first-order chi connectivity index (χ1) is 14.4. The Labute approximate surface area is 170 Å². The molecule has 4 heteroatoms. The monoisotopic (exact) mass is 376 g/mol. The summed E-state index contributed by atoms with van der Waals surface area (Å²) in [4.78, 5) is 0. The van der Waals surface area contributed by atoms with E-state index in [1.807, 2.05) is 47.5 Å². The maximum Gasteiger partial charge on any atom is 0.225 e. The Balaban J connectivity index is 1.79. The lowest BCUT2D eigenvalue weighted by Gasteiger charge is -2.37. The molecular formula is C25H20N4. The minimum atomic E-state index is -0.824. The first kappa shape index (κ1) is 17.2. The van der Waals surface area contributed by atoms with Gasteiger partial charge in [0.1, 0.15) is 0 Å². The van der Waals surface area contributed by atoms with Gasteiger partial charge in [-0.1, -0.05) is 108 Å². The van der Waals surface area contributed by atoms with E-state index < -0.39 is 5.66 Å². The molecule has 1 heterocycles. The molecular weight excluding hydrogens is 356 g/mol. The SMILES string of the molecule is c1ccc(-c2ccccc2C2(c3ccccc3)N=NNN2c2ccccc2)cc1. The lowest BCUT2D eigenvalue weighted by atomic mass is 9.85. The third kappa shape index (κ3) is 2.86. The molecule has 0 bridgehead atoms. The summed E-state index contributed by atoms with van der Waals surface area (Å²) < 4.78 is 0. The van der Waals surface area contributed by atoms with E-state index in [0.29, 0.717) is 0 Å². The van der Waals surface area contributed by atoms with Gasteiger partial charge in [-0.05, 0) is 23.3 Å². The van der Waals surface area contributed by atoms with E-state index in [2.05, 4.69) is 83.6 Å². The molecule has 0 spiro atoms. The molecule has 4 aromatic rings. The maximum absolute atomic E-state index is 4.79. The van der Waals surface area contributed by atoms with Crippen LogP contribution < -0.4 is 10.5 Å². The van der Waals surface area contributed by atoms with Gasteiger partial charge in [-0.25, -0.2) is 5.01 Å². The number of benzene rings is 4. The average molecular weight is 376 g/mol. The highest BCUT2D eigenvalue weighted by Crippen LogP contribution is 2.45. The van der Waals surface area contributed by atoms with E-state index in [1.54, 1.807) is 0 Å². The second kappa shape index (κ2) is 7.24. The zero-order valence-corrected chi connectivity index (χ0v) is 15.8. The normalized spacial score (nSPS) is 17.9. The smallest absolute Gasteiger partial charge is 0.225 e. The predicted octanol–water partition coefficient (Wildman–Crippen LogP) is 5.95. The standard InChI is InChI=1S/C25H20N4/c1-4-12-20(13-5-1)23-18-10-11-19-24(23)25(21-14-6-2-7-15-21)26-27-28-29(25)22-16-8-3-9-17-22/h1-19H,(H,26,28). The summed E-state index contributed by atoms with van der Waals surface area (Å²) in [6.07, 6.45) is 0. The van der Waals surface area contributed by atoms with Crippen LogP contribution in [0.4, 0.5) is 5.69 Å². The van der Waals surface area contributed by atoms with Gasteiger partial charge in [0.05, 0.1) is 5.69 Å². The van der Waals surface area contributed by atoms with Gasteiger partial charge in [-0.15, -0.1) is 5.11 Å². The Kier molecular flexibility index (Phi) is 4.30. The van der Waals surface area contributed by atoms with E-state index in [9.17, 15) is 0 Å². The van der Waals surface area contributed by atoms with Crippen LogP contribution in [0.1, 0.15) is 11.1 Å². The van der Waals surface area contributed by atoms with Crippen molar-refractivity contribution in [2.75, 3.05) is 5.01 Å². The Morgan fingerprint density at radius 2 is 1.21 bits per heavy atom. The van der Waals surface area contributed by atoms with Gasteiger partial charge in [0.15, 0.2) is 0 Å². The zero-order chi connectivity index (χ0) is 19.5. The Morgan fingerprint density at radius 3 is 1.93 bits per heavy atom. The summed E-state index contributed by atoms with van der Waals surface area (Å²) in [6.45, 7) is 0. The molecule has 0 amide bonds. The predicted molar refractivity (Wildman–Crippen MR) is 116 cm³/mol. The van der Waals surface area contributed by atoms with Crippen LogP contribution in [0.3, 0.4) is 0 Å². The summed E-state index contributed by atoms with van der Waals surface area (Å²) in [5.74, 6) is 0. The molecule has 1 atom stereocenters. The van der Waals surface area contributed by atoms with Gasteiger partial charge in [0.2, 0.25) is 5.66 Å². The van der Waals surface area contributed by atoms with Crippen molar-refractivity contribution in [3.63, 3.8) is 0 Å². The summed E-state index contributed by atoms with van der Waals surface area (Å²) in [5.41, 5.74) is 7.68. The van der Waals surface area contributed by atoms with E-state index in [0.717, 1.165) is 27.9 Å². The van der Waals surface area contributed by atoms with Crippen LogP contribution in [-0.2, 0) is 5.66 Å². The van der Waals surface area contributed by atoms with Crippen molar-refractivity contribution in [1.29, 1.82) is 0 Å². The van der Waals surface area contributed by atoms with Crippen LogP contribution in [-0.4, -0.2) is 0 Å². The van der Waals surface area contributed by atoms with Crippen molar-refractivity contribution in [1.82, 2.24) is 5.53 Å². The highest BCUT2D eigenvalue weighted by Gasteiger charge is 2.46. The molecule has 1 unspecified atom stereocenters. The molecule has 4 nitrogen and oxygen atoms in total. The molecule has 5 rings (SSSR count). The fourth-order valence-electron chi connectivity index (χ4n) is 3.92. The highest BCUT2D eigenvalue weighted by atomic mass is 15.8. The highest BCUT2D eigenvalue weighted by molar-refractivity contribution is 5.72. The van der Waals surface area contributed by atoms with Crippen LogP contribution in [0, 0.1) is 0 Å². The van der Waals surface area contributed by atoms with Gasteiger partial charge in [0.25, 0.3) is 0 Å². The zero-order valence-electron chi connectivity index (χ0n) is 15.8. The number of hydrogen-bond donors (Lipinski definition) is 1. The molecule has 0 aromatic heterocycles. The van der Waals surface area contributed by atoms with Crippen LogP contribution >= 0.6 is 0 Å². The Hall–Kier alpha value is -3.92. The molecule has 0 fully saturated rings. The molecule has 1 aliphatic heterocycles. The van der Waals surface area contributed by atoms with Crippen LogP contribution in [0.5, 0.6) is 0 Å². The van der Waals surface area contributed by atoms with E-state index >= 15 is 0 Å². The molecule has 140 valence electrons. The van der Waals surface area contributed by atoms with Crippen molar-refractivity contribution in [2.45, 2.75) is 5.66 Å². The summed E-state index contributed by atoms with van der Waals surface area (Å²) >= 11 is 0. The minimum absolute atomic E-state index is 0.824. The lowest BCUT2D eigenvalue weighted by molar-refractivity contribution is 0.515. The van der Waals surface area contributed by atoms with Gasteiger partial charge >= 0.3 is 0 Å². The fraction of sp³-hybridized carbons (Fsp3) is 0.0400. The number of hydrogen-bond acceptors (Lipinski definition) is 4. The average Bonchev–Trinajstić information content (AvgIpc) is 3.27. The van der Waals surface area contributed by atoms with Gasteiger partial charge < -0.3 is 0 Å². The number of nitrogens with zero attached hydrogens (tertiary/aromatic N) is 3. The maximum atomic E-state index is 4.79. The van der Waals surface area contributed by atoms with Crippen molar-refractivity contribution >= 4 is 5.69 Å². The second-order valence-corrected chi connectivity index (χ2v) is 6.92. The topological polar surface area (TPSA) is 40.0 Å². The molecule has 0 saturated heterocycles. The molecule has 29 heavy (non-hydrogen) atoms. The molecule has 0 aliphatic carbocycles.